The molecule has 4 rings (SSSR count). The summed E-state index contributed by atoms with van der Waals surface area (Å²) < 4.78 is 2.14. The van der Waals surface area contributed by atoms with Gasteiger partial charge >= 0.3 is 0 Å². The van der Waals surface area contributed by atoms with Crippen LogP contribution in [0.2, 0.25) is 0 Å². The first-order valence-corrected chi connectivity index (χ1v) is 9.64. The Morgan fingerprint density at radius 1 is 1.28 bits per heavy atom. The second-order valence-corrected chi connectivity index (χ2v) is 7.72. The molecule has 2 aromatic rings. The van der Waals surface area contributed by atoms with E-state index in [0.717, 1.165) is 38.8 Å². The van der Waals surface area contributed by atoms with Crippen molar-refractivity contribution in [2.75, 3.05) is 13.1 Å². The van der Waals surface area contributed by atoms with Gasteiger partial charge in [-0.25, -0.2) is 0 Å². The minimum atomic E-state index is 0.270. The standard InChI is InChI=1S/C20H28N4O/c1-15-5-4-10-23(15)20(25)13-21-18-9-8-16(11-18)14-24-19-7-3-2-6-17(19)12-22-24/h2-3,6-7,12,15-16,18,21H,4-5,8-11,13-14H2,1H3/t15-,16-,18+/m1/s1. The van der Waals surface area contributed by atoms with Crippen LogP contribution in [0.25, 0.3) is 10.9 Å². The maximum absolute atomic E-state index is 12.3. The van der Waals surface area contributed by atoms with E-state index >= 15 is 0 Å². The van der Waals surface area contributed by atoms with Crippen LogP contribution in [0.15, 0.2) is 30.5 Å². The Morgan fingerprint density at radius 2 is 2.16 bits per heavy atom. The third kappa shape index (κ3) is 3.56. The lowest BCUT2D eigenvalue weighted by Gasteiger charge is -2.23. The molecule has 0 radical (unpaired) electrons. The molecule has 2 heterocycles. The molecule has 1 saturated heterocycles. The van der Waals surface area contributed by atoms with E-state index in [2.05, 4.69) is 46.3 Å². The minimum absolute atomic E-state index is 0.270. The number of aromatic nitrogens is 2. The first-order valence-electron chi connectivity index (χ1n) is 9.64. The monoisotopic (exact) mass is 340 g/mol. The summed E-state index contributed by atoms with van der Waals surface area (Å²) in [6.45, 7) is 4.56. The van der Waals surface area contributed by atoms with E-state index in [-0.39, 0.29) is 5.91 Å². The van der Waals surface area contributed by atoms with Crippen molar-refractivity contribution in [2.45, 2.75) is 57.7 Å². The summed E-state index contributed by atoms with van der Waals surface area (Å²) in [6.07, 6.45) is 7.76. The first-order chi connectivity index (χ1) is 12.2. The lowest BCUT2D eigenvalue weighted by atomic mass is 10.1. The fraction of sp³-hybridized carbons (Fsp3) is 0.600. The number of likely N-dealkylation sites (tertiary alicyclic amines) is 1. The normalized spacial score (nSPS) is 26.6. The van der Waals surface area contributed by atoms with E-state index in [4.69, 9.17) is 0 Å². The first kappa shape index (κ1) is 16.6. The molecule has 1 aromatic heterocycles. The molecule has 0 unspecified atom stereocenters. The molecule has 1 saturated carbocycles. The highest BCUT2D eigenvalue weighted by atomic mass is 16.2. The highest BCUT2D eigenvalue weighted by Gasteiger charge is 2.28. The second-order valence-electron chi connectivity index (χ2n) is 7.72. The minimum Gasteiger partial charge on any atom is -0.339 e. The molecule has 134 valence electrons. The van der Waals surface area contributed by atoms with Gasteiger partial charge < -0.3 is 10.2 Å². The van der Waals surface area contributed by atoms with E-state index in [1.807, 2.05) is 11.1 Å². The molecular weight excluding hydrogens is 312 g/mol. The van der Waals surface area contributed by atoms with Crippen molar-refractivity contribution in [2.24, 2.45) is 5.92 Å². The van der Waals surface area contributed by atoms with Crippen LogP contribution in [-0.2, 0) is 11.3 Å². The van der Waals surface area contributed by atoms with Crippen molar-refractivity contribution in [3.8, 4) is 0 Å². The number of amides is 1. The van der Waals surface area contributed by atoms with Gasteiger partial charge in [-0.05, 0) is 51.0 Å². The van der Waals surface area contributed by atoms with Crippen molar-refractivity contribution in [3.63, 3.8) is 0 Å². The van der Waals surface area contributed by atoms with Crippen molar-refractivity contribution in [3.05, 3.63) is 30.5 Å². The zero-order valence-corrected chi connectivity index (χ0v) is 15.0. The van der Waals surface area contributed by atoms with E-state index in [9.17, 15) is 4.79 Å². The van der Waals surface area contributed by atoms with E-state index in [1.165, 1.54) is 17.3 Å². The number of para-hydroxylation sites is 1. The SMILES string of the molecule is C[C@@H]1CCCN1C(=O)CN[C@H]1CC[C@@H](Cn2ncc3ccccc32)C1. The number of carbonyl (C=O) groups excluding carboxylic acids is 1. The van der Waals surface area contributed by atoms with Crippen LogP contribution in [0.5, 0.6) is 0 Å². The summed E-state index contributed by atoms with van der Waals surface area (Å²) in [7, 11) is 0. The lowest BCUT2D eigenvalue weighted by Crippen LogP contribution is -2.42. The number of nitrogens with zero attached hydrogens (tertiary/aromatic N) is 3. The van der Waals surface area contributed by atoms with Gasteiger partial charge in [-0.2, -0.15) is 5.10 Å². The Hall–Kier alpha value is -1.88. The molecule has 5 heteroatoms. The molecule has 3 atom stereocenters. The third-order valence-electron chi connectivity index (χ3n) is 5.94. The van der Waals surface area contributed by atoms with Gasteiger partial charge in [0.15, 0.2) is 0 Å². The quantitative estimate of drug-likeness (QED) is 0.910. The predicted octanol–water partition coefficient (Wildman–Crippen LogP) is 2.81. The molecule has 5 nitrogen and oxygen atoms in total. The molecule has 1 aliphatic carbocycles. The zero-order valence-electron chi connectivity index (χ0n) is 15.0. The van der Waals surface area contributed by atoms with Gasteiger partial charge in [0.05, 0.1) is 18.3 Å². The van der Waals surface area contributed by atoms with Crippen LogP contribution in [0.4, 0.5) is 0 Å². The summed E-state index contributed by atoms with van der Waals surface area (Å²) in [6, 6.07) is 9.27. The van der Waals surface area contributed by atoms with Crippen LogP contribution in [0.3, 0.4) is 0 Å². The molecule has 1 amide bonds. The van der Waals surface area contributed by atoms with Gasteiger partial charge in [-0.3, -0.25) is 9.48 Å². The number of benzene rings is 1. The molecule has 0 spiro atoms. The van der Waals surface area contributed by atoms with Gasteiger partial charge in [0.25, 0.3) is 0 Å². The average Bonchev–Trinajstić information content (AvgIpc) is 3.34. The number of nitrogens with one attached hydrogen (secondary N) is 1. The second kappa shape index (κ2) is 7.16. The molecular formula is C20H28N4O. The fourth-order valence-electron chi connectivity index (χ4n) is 4.48. The molecule has 1 N–H and O–H groups in total. The highest BCUT2D eigenvalue weighted by molar-refractivity contribution is 5.79. The summed E-state index contributed by atoms with van der Waals surface area (Å²) in [5.74, 6) is 0.910. The van der Waals surface area contributed by atoms with Crippen LogP contribution >= 0.6 is 0 Å². The van der Waals surface area contributed by atoms with Gasteiger partial charge in [0.1, 0.15) is 0 Å². The molecule has 1 aliphatic heterocycles. The van der Waals surface area contributed by atoms with Gasteiger partial charge in [0.2, 0.25) is 5.91 Å². The molecule has 2 fully saturated rings. The topological polar surface area (TPSA) is 50.2 Å². The van der Waals surface area contributed by atoms with Gasteiger partial charge in [-0.15, -0.1) is 0 Å². The third-order valence-corrected chi connectivity index (χ3v) is 5.94. The summed E-state index contributed by atoms with van der Waals surface area (Å²) in [5.41, 5.74) is 1.22. The van der Waals surface area contributed by atoms with Crippen LogP contribution in [-0.4, -0.2) is 45.8 Å². The number of hydrogen-bond donors (Lipinski definition) is 1. The predicted molar refractivity (Wildman–Crippen MR) is 99.3 cm³/mol. The number of carbonyl (C=O) groups is 1. The number of hydrogen-bond acceptors (Lipinski definition) is 3. The van der Waals surface area contributed by atoms with Gasteiger partial charge in [0, 0.05) is 30.6 Å². The van der Waals surface area contributed by atoms with E-state index in [1.54, 1.807) is 0 Å². The smallest absolute Gasteiger partial charge is 0.236 e. The van der Waals surface area contributed by atoms with E-state index < -0.39 is 0 Å². The Morgan fingerprint density at radius 3 is 3.00 bits per heavy atom. The maximum Gasteiger partial charge on any atom is 0.236 e. The van der Waals surface area contributed by atoms with E-state index in [0.29, 0.717) is 24.5 Å². The van der Waals surface area contributed by atoms with Crippen molar-refractivity contribution < 1.29 is 4.79 Å². The van der Waals surface area contributed by atoms with Crippen molar-refractivity contribution in [1.82, 2.24) is 20.0 Å². The lowest BCUT2D eigenvalue weighted by molar-refractivity contribution is -0.130. The summed E-state index contributed by atoms with van der Waals surface area (Å²) in [5, 5.41) is 9.27. The average molecular weight is 340 g/mol. The number of rotatable bonds is 5. The van der Waals surface area contributed by atoms with Crippen LogP contribution in [0, 0.1) is 5.92 Å². The molecule has 1 aromatic carbocycles. The summed E-state index contributed by atoms with van der Waals surface area (Å²) in [4.78, 5) is 14.4. The zero-order chi connectivity index (χ0) is 17.2. The fourth-order valence-corrected chi connectivity index (χ4v) is 4.48. The van der Waals surface area contributed by atoms with Crippen LogP contribution < -0.4 is 5.32 Å². The Bertz CT molecular complexity index is 740. The Kier molecular flexibility index (Phi) is 4.75. The number of fused-ring (bicyclic) bond motifs is 1. The van der Waals surface area contributed by atoms with Crippen molar-refractivity contribution >= 4 is 16.8 Å². The highest BCUT2D eigenvalue weighted by Crippen LogP contribution is 2.28. The molecule has 2 aliphatic rings. The van der Waals surface area contributed by atoms with Crippen molar-refractivity contribution in [1.29, 1.82) is 0 Å². The molecule has 25 heavy (non-hydrogen) atoms. The van der Waals surface area contributed by atoms with Crippen LogP contribution in [0.1, 0.15) is 39.0 Å². The van der Waals surface area contributed by atoms with Gasteiger partial charge in [-0.1, -0.05) is 18.2 Å². The Labute approximate surface area is 149 Å². The maximum atomic E-state index is 12.3. The largest absolute Gasteiger partial charge is 0.339 e. The molecule has 0 bridgehead atoms. The summed E-state index contributed by atoms with van der Waals surface area (Å²) >= 11 is 0. The Balaban J connectivity index is 1.28.